The van der Waals surface area contributed by atoms with Gasteiger partial charge in [0.15, 0.2) is 0 Å². The van der Waals surface area contributed by atoms with Gasteiger partial charge in [-0.25, -0.2) is 0 Å². The fourth-order valence-corrected chi connectivity index (χ4v) is 3.72. The SMILES string of the molecule is O=C(CN1CCN(CCCOCC(F)(F)F)CC1)Nc1c(Cl)c(Cl)cc(Cl)c1Cl. The number of hydrogen-bond donors (Lipinski definition) is 1. The van der Waals surface area contributed by atoms with Crippen molar-refractivity contribution < 1.29 is 22.7 Å². The number of nitrogens with zero attached hydrogens (tertiary/aromatic N) is 2. The first-order valence-corrected chi connectivity index (χ1v) is 10.3. The lowest BCUT2D eigenvalue weighted by molar-refractivity contribution is -0.174. The molecule has 0 aliphatic carbocycles. The van der Waals surface area contributed by atoms with Crippen LogP contribution in [-0.2, 0) is 9.53 Å². The van der Waals surface area contributed by atoms with Crippen LogP contribution in [0.3, 0.4) is 0 Å². The van der Waals surface area contributed by atoms with Crippen LogP contribution >= 0.6 is 46.4 Å². The molecule has 29 heavy (non-hydrogen) atoms. The van der Waals surface area contributed by atoms with E-state index in [9.17, 15) is 18.0 Å². The zero-order chi connectivity index (χ0) is 21.6. The summed E-state index contributed by atoms with van der Waals surface area (Å²) in [6.07, 6.45) is -3.78. The zero-order valence-corrected chi connectivity index (χ0v) is 18.3. The van der Waals surface area contributed by atoms with Gasteiger partial charge in [-0.15, -0.1) is 0 Å². The first-order valence-electron chi connectivity index (χ1n) is 8.79. The molecule has 5 nitrogen and oxygen atoms in total. The Hall–Kier alpha value is -0.480. The second-order valence-electron chi connectivity index (χ2n) is 6.53. The van der Waals surface area contributed by atoms with E-state index < -0.39 is 12.8 Å². The fourth-order valence-electron chi connectivity index (χ4n) is 2.81. The predicted molar refractivity (Wildman–Crippen MR) is 109 cm³/mol. The number of rotatable bonds is 8. The number of amides is 1. The minimum atomic E-state index is -4.29. The Morgan fingerprint density at radius 2 is 1.59 bits per heavy atom. The van der Waals surface area contributed by atoms with Crippen molar-refractivity contribution in [1.29, 1.82) is 0 Å². The molecule has 2 rings (SSSR count). The molecule has 1 aromatic carbocycles. The molecule has 1 amide bonds. The average molecular weight is 497 g/mol. The van der Waals surface area contributed by atoms with Crippen LogP contribution in [0.5, 0.6) is 0 Å². The number of benzene rings is 1. The van der Waals surface area contributed by atoms with Gasteiger partial charge in [0.2, 0.25) is 5.91 Å². The van der Waals surface area contributed by atoms with Crippen molar-refractivity contribution >= 4 is 58.0 Å². The van der Waals surface area contributed by atoms with E-state index in [1.165, 1.54) is 6.07 Å². The van der Waals surface area contributed by atoms with Crippen molar-refractivity contribution in [2.45, 2.75) is 12.6 Å². The summed E-state index contributed by atoms with van der Waals surface area (Å²) in [5.74, 6) is -0.305. The van der Waals surface area contributed by atoms with E-state index in [-0.39, 0.29) is 44.8 Å². The second-order valence-corrected chi connectivity index (χ2v) is 8.10. The quantitative estimate of drug-likeness (QED) is 0.413. The van der Waals surface area contributed by atoms with E-state index in [0.717, 1.165) is 0 Å². The smallest absolute Gasteiger partial charge is 0.372 e. The van der Waals surface area contributed by atoms with Gasteiger partial charge >= 0.3 is 6.18 Å². The van der Waals surface area contributed by atoms with Gasteiger partial charge in [-0.1, -0.05) is 46.4 Å². The summed E-state index contributed by atoms with van der Waals surface area (Å²) in [6, 6.07) is 1.40. The number of carbonyl (C=O) groups excluding carboxylic acids is 1. The fraction of sp³-hybridized carbons (Fsp3) is 0.588. The van der Waals surface area contributed by atoms with Crippen LogP contribution in [0, 0.1) is 0 Å². The first kappa shape index (κ1) is 24.8. The van der Waals surface area contributed by atoms with Crippen LogP contribution in [-0.4, -0.2) is 74.4 Å². The summed E-state index contributed by atoms with van der Waals surface area (Å²) in [5.41, 5.74) is 0.174. The van der Waals surface area contributed by atoms with E-state index in [4.69, 9.17) is 46.4 Å². The summed E-state index contributed by atoms with van der Waals surface area (Å²) < 4.78 is 40.6. The number of halogens is 7. The first-order chi connectivity index (χ1) is 13.6. The predicted octanol–water partition coefficient (Wildman–Crippen LogP) is 4.83. The van der Waals surface area contributed by atoms with Crippen LogP contribution < -0.4 is 5.32 Å². The number of piperazine rings is 1. The minimum absolute atomic E-state index is 0.0614. The van der Waals surface area contributed by atoms with Crippen molar-refractivity contribution in [1.82, 2.24) is 9.80 Å². The highest BCUT2D eigenvalue weighted by Crippen LogP contribution is 2.40. The number of alkyl halides is 3. The van der Waals surface area contributed by atoms with Crippen LogP contribution in [0.2, 0.25) is 20.1 Å². The molecular weight excluding hydrogens is 477 g/mol. The lowest BCUT2D eigenvalue weighted by Gasteiger charge is -2.34. The molecule has 0 bridgehead atoms. The maximum atomic E-state index is 12.3. The summed E-state index contributed by atoms with van der Waals surface area (Å²) in [5, 5.41) is 3.25. The Morgan fingerprint density at radius 1 is 1.03 bits per heavy atom. The van der Waals surface area contributed by atoms with E-state index in [1.54, 1.807) is 0 Å². The molecule has 0 spiro atoms. The molecule has 0 radical (unpaired) electrons. The largest absolute Gasteiger partial charge is 0.411 e. The van der Waals surface area contributed by atoms with Crippen molar-refractivity contribution in [3.63, 3.8) is 0 Å². The van der Waals surface area contributed by atoms with Crippen molar-refractivity contribution in [3.05, 3.63) is 26.2 Å². The Morgan fingerprint density at radius 3 is 2.14 bits per heavy atom. The van der Waals surface area contributed by atoms with Gasteiger partial charge in [-0.3, -0.25) is 9.69 Å². The van der Waals surface area contributed by atoms with E-state index in [2.05, 4.69) is 15.0 Å². The van der Waals surface area contributed by atoms with Crippen molar-refractivity contribution in [3.8, 4) is 0 Å². The third kappa shape index (κ3) is 8.28. The third-order valence-corrected chi connectivity index (χ3v) is 5.81. The van der Waals surface area contributed by atoms with Crippen LogP contribution in [0.4, 0.5) is 18.9 Å². The number of carbonyl (C=O) groups is 1. The minimum Gasteiger partial charge on any atom is -0.372 e. The lowest BCUT2D eigenvalue weighted by atomic mass is 10.2. The Labute approximate surface area is 186 Å². The van der Waals surface area contributed by atoms with Crippen LogP contribution in [0.25, 0.3) is 0 Å². The second kappa shape index (κ2) is 11.2. The summed E-state index contributed by atoms with van der Waals surface area (Å²) in [4.78, 5) is 16.4. The Balaban J connectivity index is 1.71. The Bertz CT molecular complexity index is 688. The van der Waals surface area contributed by atoms with E-state index in [1.807, 2.05) is 4.90 Å². The summed E-state index contributed by atoms with van der Waals surface area (Å²) >= 11 is 24.1. The highest BCUT2D eigenvalue weighted by atomic mass is 35.5. The molecule has 0 saturated carbocycles. The molecular formula is C17H20Cl4F3N3O2. The third-order valence-electron chi connectivity index (χ3n) is 4.24. The molecule has 1 N–H and O–H groups in total. The van der Waals surface area contributed by atoms with Gasteiger partial charge in [-0.05, 0) is 12.5 Å². The molecule has 12 heteroatoms. The number of anilines is 1. The Kier molecular flexibility index (Phi) is 9.60. The normalized spacial score (nSPS) is 16.2. The summed E-state index contributed by atoms with van der Waals surface area (Å²) in [7, 11) is 0. The van der Waals surface area contributed by atoms with Gasteiger partial charge in [-0.2, -0.15) is 13.2 Å². The maximum Gasteiger partial charge on any atom is 0.411 e. The van der Waals surface area contributed by atoms with Gasteiger partial charge < -0.3 is 15.0 Å². The average Bonchev–Trinajstić information content (AvgIpc) is 2.64. The van der Waals surface area contributed by atoms with E-state index in [0.29, 0.717) is 39.1 Å². The standard InChI is InChI=1S/C17H20Cl4F3N3O2/c18-11-8-12(19)15(21)16(14(11)20)25-13(28)9-27-5-3-26(4-6-27)2-1-7-29-10-17(22,23)24/h8H,1-7,9-10H2,(H,25,28). The molecule has 0 aromatic heterocycles. The van der Waals surface area contributed by atoms with Gasteiger partial charge in [0.05, 0.1) is 32.3 Å². The molecule has 1 aliphatic heterocycles. The number of nitrogens with one attached hydrogen (secondary N) is 1. The molecule has 1 heterocycles. The van der Waals surface area contributed by atoms with Crippen molar-refractivity contribution in [2.24, 2.45) is 0 Å². The molecule has 164 valence electrons. The lowest BCUT2D eigenvalue weighted by Crippen LogP contribution is -2.48. The topological polar surface area (TPSA) is 44.8 Å². The van der Waals surface area contributed by atoms with E-state index >= 15 is 0 Å². The monoisotopic (exact) mass is 495 g/mol. The zero-order valence-electron chi connectivity index (χ0n) is 15.3. The maximum absolute atomic E-state index is 12.3. The molecule has 1 fully saturated rings. The van der Waals surface area contributed by atoms with Gasteiger partial charge in [0.1, 0.15) is 6.61 Å². The van der Waals surface area contributed by atoms with Crippen LogP contribution in [0.15, 0.2) is 6.07 Å². The van der Waals surface area contributed by atoms with Crippen molar-refractivity contribution in [2.75, 3.05) is 57.8 Å². The molecule has 1 aromatic rings. The highest BCUT2D eigenvalue weighted by molar-refractivity contribution is 6.50. The molecule has 1 saturated heterocycles. The number of ether oxygens (including phenoxy) is 1. The molecule has 1 aliphatic rings. The molecule has 0 unspecified atom stereocenters. The van der Waals surface area contributed by atoms with Gasteiger partial charge in [0.25, 0.3) is 0 Å². The summed E-state index contributed by atoms with van der Waals surface area (Å²) in [6.45, 7) is 2.33. The molecule has 0 atom stereocenters. The highest BCUT2D eigenvalue weighted by Gasteiger charge is 2.27. The van der Waals surface area contributed by atoms with Crippen LogP contribution in [0.1, 0.15) is 6.42 Å². The van der Waals surface area contributed by atoms with Gasteiger partial charge in [0, 0.05) is 39.3 Å². The number of hydrogen-bond acceptors (Lipinski definition) is 4.